The van der Waals surface area contributed by atoms with E-state index in [1.807, 2.05) is 30.2 Å². The Morgan fingerprint density at radius 1 is 1.35 bits per heavy atom. The van der Waals surface area contributed by atoms with E-state index in [2.05, 4.69) is 41.9 Å². The number of hydrogen-bond acceptors (Lipinski definition) is 3. The molecule has 0 aromatic heterocycles. The Morgan fingerprint density at radius 3 is 2.65 bits per heavy atom. The second-order valence-corrected chi connectivity index (χ2v) is 9.75. The van der Waals surface area contributed by atoms with E-state index in [9.17, 15) is 4.79 Å². The predicted molar refractivity (Wildman–Crippen MR) is 111 cm³/mol. The standard InChI is InChI=1S/C21H29ClN2OS/c1-4-12-21(2)13-11-19(16-5-7-17(22)8-6-16)24(20(21)25)15-14-23(3)26-18-9-10-18/h4-8,18-19H,1,9-15H2,2-3H3/t19?,21-/m0/s1. The van der Waals surface area contributed by atoms with Gasteiger partial charge in [0.15, 0.2) is 0 Å². The molecule has 1 aromatic carbocycles. The Kier molecular flexibility index (Phi) is 6.37. The van der Waals surface area contributed by atoms with Gasteiger partial charge in [-0.05, 0) is 56.8 Å². The molecule has 2 atom stereocenters. The predicted octanol–water partition coefficient (Wildman–Crippen LogP) is 5.33. The highest BCUT2D eigenvalue weighted by atomic mass is 35.5. The van der Waals surface area contributed by atoms with Gasteiger partial charge in [0.05, 0.1) is 11.5 Å². The molecule has 3 rings (SSSR count). The zero-order valence-electron chi connectivity index (χ0n) is 15.8. The van der Waals surface area contributed by atoms with Gasteiger partial charge in [0.25, 0.3) is 0 Å². The van der Waals surface area contributed by atoms with Crippen molar-refractivity contribution in [3.63, 3.8) is 0 Å². The van der Waals surface area contributed by atoms with E-state index in [0.29, 0.717) is 0 Å². The molecule has 0 N–H and O–H groups in total. The maximum absolute atomic E-state index is 13.4. The van der Waals surface area contributed by atoms with Crippen LogP contribution in [-0.4, -0.2) is 40.5 Å². The zero-order valence-corrected chi connectivity index (χ0v) is 17.4. The van der Waals surface area contributed by atoms with Crippen molar-refractivity contribution in [3.8, 4) is 0 Å². The summed E-state index contributed by atoms with van der Waals surface area (Å²) in [6, 6.07) is 8.10. The van der Waals surface area contributed by atoms with Crippen LogP contribution in [-0.2, 0) is 4.79 Å². The smallest absolute Gasteiger partial charge is 0.229 e. The number of piperidine rings is 1. The number of likely N-dealkylation sites (N-methyl/N-ethyl adjacent to an activating group) is 1. The molecule has 1 heterocycles. The van der Waals surface area contributed by atoms with Gasteiger partial charge in [-0.15, -0.1) is 6.58 Å². The minimum atomic E-state index is -0.327. The number of benzene rings is 1. The number of allylic oxidation sites excluding steroid dienone is 1. The lowest BCUT2D eigenvalue weighted by Gasteiger charge is -2.45. The van der Waals surface area contributed by atoms with Gasteiger partial charge in [0.2, 0.25) is 5.91 Å². The molecule has 1 unspecified atom stereocenters. The minimum Gasteiger partial charge on any atom is -0.334 e. The van der Waals surface area contributed by atoms with Gasteiger partial charge in [-0.3, -0.25) is 9.10 Å². The average Bonchev–Trinajstić information content (AvgIpc) is 3.41. The molecule has 1 aliphatic heterocycles. The summed E-state index contributed by atoms with van der Waals surface area (Å²) >= 11 is 7.98. The van der Waals surface area contributed by atoms with Gasteiger partial charge in [-0.25, -0.2) is 0 Å². The first-order valence-electron chi connectivity index (χ1n) is 9.48. The Morgan fingerprint density at radius 2 is 2.04 bits per heavy atom. The van der Waals surface area contributed by atoms with Crippen LogP contribution in [0.3, 0.4) is 0 Å². The van der Waals surface area contributed by atoms with Crippen molar-refractivity contribution >= 4 is 29.5 Å². The van der Waals surface area contributed by atoms with Crippen molar-refractivity contribution in [2.75, 3.05) is 20.1 Å². The van der Waals surface area contributed by atoms with E-state index in [-0.39, 0.29) is 17.4 Å². The Balaban J connectivity index is 1.76. The highest BCUT2D eigenvalue weighted by Gasteiger charge is 2.43. The summed E-state index contributed by atoms with van der Waals surface area (Å²) in [5.74, 6) is 0.258. The van der Waals surface area contributed by atoms with Crippen LogP contribution < -0.4 is 0 Å². The molecule has 2 fully saturated rings. The molecule has 0 radical (unpaired) electrons. The third-order valence-corrected chi connectivity index (χ3v) is 7.05. The van der Waals surface area contributed by atoms with Crippen molar-refractivity contribution in [1.82, 2.24) is 9.21 Å². The van der Waals surface area contributed by atoms with E-state index in [4.69, 9.17) is 11.6 Å². The lowest BCUT2D eigenvalue weighted by atomic mass is 9.75. The molecule has 5 heteroatoms. The van der Waals surface area contributed by atoms with Crippen LogP contribution in [0, 0.1) is 5.41 Å². The summed E-state index contributed by atoms with van der Waals surface area (Å²) in [6.07, 6.45) is 7.15. The Bertz CT molecular complexity index is 646. The van der Waals surface area contributed by atoms with Crippen LogP contribution in [0.25, 0.3) is 0 Å². The molecule has 0 bridgehead atoms. The van der Waals surface area contributed by atoms with Crippen molar-refractivity contribution in [3.05, 3.63) is 47.5 Å². The topological polar surface area (TPSA) is 23.6 Å². The van der Waals surface area contributed by atoms with Crippen LogP contribution >= 0.6 is 23.5 Å². The normalized spacial score (nSPS) is 26.4. The van der Waals surface area contributed by atoms with Crippen molar-refractivity contribution in [1.29, 1.82) is 0 Å². The van der Waals surface area contributed by atoms with E-state index < -0.39 is 0 Å². The van der Waals surface area contributed by atoms with Crippen LogP contribution in [0.5, 0.6) is 0 Å². The quantitative estimate of drug-likeness (QED) is 0.441. The first-order chi connectivity index (χ1) is 12.4. The zero-order chi connectivity index (χ0) is 18.7. The summed E-state index contributed by atoms with van der Waals surface area (Å²) in [6.45, 7) is 7.60. The molecule has 1 saturated heterocycles. The van der Waals surface area contributed by atoms with Crippen LogP contribution in [0.2, 0.25) is 5.02 Å². The van der Waals surface area contributed by atoms with Crippen molar-refractivity contribution < 1.29 is 4.79 Å². The molecule has 0 spiro atoms. The number of carbonyl (C=O) groups is 1. The van der Waals surface area contributed by atoms with E-state index in [0.717, 1.165) is 42.6 Å². The summed E-state index contributed by atoms with van der Waals surface area (Å²) in [7, 11) is 2.14. The van der Waals surface area contributed by atoms with Gasteiger partial charge in [0, 0.05) is 23.4 Å². The first-order valence-corrected chi connectivity index (χ1v) is 10.7. The average molecular weight is 393 g/mol. The number of nitrogens with zero attached hydrogens (tertiary/aromatic N) is 2. The van der Waals surface area contributed by atoms with Gasteiger partial charge in [0.1, 0.15) is 0 Å². The maximum atomic E-state index is 13.4. The number of hydrogen-bond donors (Lipinski definition) is 0. The Labute approximate surface area is 166 Å². The molecule has 1 amide bonds. The molecule has 1 aliphatic carbocycles. The molecular formula is C21H29ClN2OS. The van der Waals surface area contributed by atoms with Crippen LogP contribution in [0.1, 0.15) is 50.6 Å². The SMILES string of the molecule is C=CC[C@@]1(C)CCC(c2ccc(Cl)cc2)N(CCN(C)SC2CC2)C1=O. The fraction of sp³-hybridized carbons (Fsp3) is 0.571. The highest BCUT2D eigenvalue weighted by Crippen LogP contribution is 2.43. The second-order valence-electron chi connectivity index (χ2n) is 7.81. The fourth-order valence-electron chi connectivity index (χ4n) is 3.73. The largest absolute Gasteiger partial charge is 0.334 e. The minimum absolute atomic E-state index is 0.136. The molecular weight excluding hydrogens is 364 g/mol. The monoisotopic (exact) mass is 392 g/mol. The summed E-state index contributed by atoms with van der Waals surface area (Å²) in [5, 5.41) is 1.52. The lowest BCUT2D eigenvalue weighted by Crippen LogP contribution is -2.50. The van der Waals surface area contributed by atoms with Gasteiger partial charge in [-0.1, -0.05) is 48.7 Å². The van der Waals surface area contributed by atoms with Crippen molar-refractivity contribution in [2.24, 2.45) is 5.41 Å². The number of rotatable bonds is 8. The number of carbonyl (C=O) groups excluding carboxylic acids is 1. The fourth-order valence-corrected chi connectivity index (χ4v) is 4.90. The van der Waals surface area contributed by atoms with Crippen LogP contribution in [0.15, 0.2) is 36.9 Å². The molecule has 26 heavy (non-hydrogen) atoms. The third kappa shape index (κ3) is 4.65. The number of halogens is 1. The van der Waals surface area contributed by atoms with Gasteiger partial charge >= 0.3 is 0 Å². The molecule has 3 nitrogen and oxygen atoms in total. The van der Waals surface area contributed by atoms with E-state index in [1.165, 1.54) is 18.4 Å². The number of likely N-dealkylation sites (tertiary alicyclic amines) is 1. The van der Waals surface area contributed by atoms with E-state index in [1.54, 1.807) is 0 Å². The second kappa shape index (κ2) is 8.37. The van der Waals surface area contributed by atoms with Crippen LogP contribution in [0.4, 0.5) is 0 Å². The molecule has 2 aliphatic rings. The summed E-state index contributed by atoms with van der Waals surface area (Å²) in [4.78, 5) is 15.5. The first kappa shape index (κ1) is 19.8. The lowest BCUT2D eigenvalue weighted by molar-refractivity contribution is -0.149. The van der Waals surface area contributed by atoms with Gasteiger partial charge < -0.3 is 4.90 Å². The molecule has 1 aromatic rings. The Hall–Kier alpha value is -0.970. The maximum Gasteiger partial charge on any atom is 0.229 e. The van der Waals surface area contributed by atoms with E-state index >= 15 is 0 Å². The molecule has 142 valence electrons. The third-order valence-electron chi connectivity index (χ3n) is 5.48. The van der Waals surface area contributed by atoms with Gasteiger partial charge in [-0.2, -0.15) is 0 Å². The molecule has 1 saturated carbocycles. The number of amides is 1. The summed E-state index contributed by atoms with van der Waals surface area (Å²) in [5.41, 5.74) is 0.855. The van der Waals surface area contributed by atoms with Crippen molar-refractivity contribution in [2.45, 2.75) is 50.3 Å². The highest BCUT2D eigenvalue weighted by molar-refractivity contribution is 7.97. The summed E-state index contributed by atoms with van der Waals surface area (Å²) < 4.78 is 2.29.